The molecule has 0 bridgehead atoms. The van der Waals surface area contributed by atoms with Crippen molar-refractivity contribution in [3.05, 3.63) is 35.4 Å². The van der Waals surface area contributed by atoms with Crippen LogP contribution in [0, 0.1) is 0 Å². The number of primary amides is 2. The van der Waals surface area contributed by atoms with Crippen LogP contribution in [0.1, 0.15) is 40.0 Å². The zero-order valence-corrected chi connectivity index (χ0v) is 10.3. The topological polar surface area (TPSA) is 98.2 Å². The molecule has 0 aliphatic carbocycles. The molecule has 1 fully saturated rings. The van der Waals surface area contributed by atoms with E-state index in [-0.39, 0.29) is 11.1 Å². The first-order valence-electron chi connectivity index (χ1n) is 6.02. The summed E-state index contributed by atoms with van der Waals surface area (Å²) in [5.74, 6) is -1.30. The summed E-state index contributed by atoms with van der Waals surface area (Å²) in [5.41, 5.74) is 10.3. The van der Waals surface area contributed by atoms with Crippen molar-refractivity contribution in [3.63, 3.8) is 0 Å². The lowest BCUT2D eigenvalue weighted by molar-refractivity contribution is 0.0967. The maximum Gasteiger partial charge on any atom is 0.249 e. The van der Waals surface area contributed by atoms with E-state index in [9.17, 15) is 9.59 Å². The number of amides is 2. The summed E-state index contributed by atoms with van der Waals surface area (Å²) in [7, 11) is 0. The van der Waals surface area contributed by atoms with Gasteiger partial charge in [-0.3, -0.25) is 9.59 Å². The van der Waals surface area contributed by atoms with Crippen LogP contribution in [0.4, 0.5) is 0 Å². The largest absolute Gasteiger partial charge is 0.366 e. The molecule has 1 aliphatic rings. The van der Waals surface area contributed by atoms with E-state index in [4.69, 9.17) is 11.5 Å². The zero-order valence-electron chi connectivity index (χ0n) is 10.3. The molecular formula is C13H19N3O2. The Labute approximate surface area is 107 Å². The lowest BCUT2D eigenvalue weighted by Gasteiger charge is -2.08. The molecule has 5 N–H and O–H groups in total. The molecule has 1 aromatic carbocycles. The monoisotopic (exact) mass is 249 g/mol. The van der Waals surface area contributed by atoms with Crippen molar-refractivity contribution in [1.29, 1.82) is 0 Å². The van der Waals surface area contributed by atoms with E-state index in [1.807, 2.05) is 0 Å². The highest BCUT2D eigenvalue weighted by molar-refractivity contribution is 6.06. The van der Waals surface area contributed by atoms with Crippen molar-refractivity contribution in [2.24, 2.45) is 11.5 Å². The molecule has 0 spiro atoms. The zero-order chi connectivity index (χ0) is 13.4. The lowest BCUT2D eigenvalue weighted by Crippen LogP contribution is -2.21. The number of hydrogen-bond donors (Lipinski definition) is 3. The van der Waals surface area contributed by atoms with Gasteiger partial charge in [0.15, 0.2) is 0 Å². The van der Waals surface area contributed by atoms with Gasteiger partial charge >= 0.3 is 0 Å². The van der Waals surface area contributed by atoms with Crippen LogP contribution >= 0.6 is 0 Å². The number of benzene rings is 1. The standard InChI is InChI=1S/C8H8N2O2.C5H11N/c9-7(11)5-3-1-2-4-6(5)8(10)12;1-2-4-6-5-3-1/h1-4H,(H2,9,11)(H2,10,12);6H,1-5H2. The Morgan fingerprint density at radius 1 is 0.889 bits per heavy atom. The van der Waals surface area contributed by atoms with Crippen LogP contribution in [0.2, 0.25) is 0 Å². The Kier molecular flexibility index (Phi) is 5.87. The van der Waals surface area contributed by atoms with Crippen molar-refractivity contribution < 1.29 is 9.59 Å². The first-order valence-corrected chi connectivity index (χ1v) is 6.02. The molecule has 98 valence electrons. The van der Waals surface area contributed by atoms with E-state index >= 15 is 0 Å². The van der Waals surface area contributed by atoms with E-state index in [1.54, 1.807) is 12.1 Å². The Hall–Kier alpha value is -1.88. The van der Waals surface area contributed by atoms with Crippen molar-refractivity contribution in [1.82, 2.24) is 5.32 Å². The highest BCUT2D eigenvalue weighted by Gasteiger charge is 2.10. The summed E-state index contributed by atoms with van der Waals surface area (Å²) in [4.78, 5) is 21.5. The fraction of sp³-hybridized carbons (Fsp3) is 0.385. The number of nitrogens with two attached hydrogens (primary N) is 2. The van der Waals surface area contributed by atoms with E-state index in [1.165, 1.54) is 44.5 Å². The minimum Gasteiger partial charge on any atom is -0.366 e. The third-order valence-corrected chi connectivity index (χ3v) is 2.67. The molecule has 0 unspecified atom stereocenters. The highest BCUT2D eigenvalue weighted by Crippen LogP contribution is 2.06. The van der Waals surface area contributed by atoms with Gasteiger partial charge in [0.05, 0.1) is 11.1 Å². The van der Waals surface area contributed by atoms with Crippen molar-refractivity contribution >= 4 is 11.8 Å². The molecular weight excluding hydrogens is 230 g/mol. The van der Waals surface area contributed by atoms with Crippen LogP contribution in [0.3, 0.4) is 0 Å². The van der Waals surface area contributed by atoms with Crippen LogP contribution in [-0.4, -0.2) is 24.9 Å². The van der Waals surface area contributed by atoms with Gasteiger partial charge in [-0.2, -0.15) is 0 Å². The van der Waals surface area contributed by atoms with Crippen LogP contribution in [0.15, 0.2) is 24.3 Å². The molecule has 0 saturated carbocycles. The SMILES string of the molecule is C1CCNCC1.NC(=O)c1ccccc1C(N)=O. The number of nitrogens with one attached hydrogen (secondary N) is 1. The van der Waals surface area contributed by atoms with Gasteiger partial charge in [-0.25, -0.2) is 0 Å². The lowest BCUT2D eigenvalue weighted by atomic mass is 10.1. The Morgan fingerprint density at radius 3 is 1.56 bits per heavy atom. The summed E-state index contributed by atoms with van der Waals surface area (Å²) in [6.07, 6.45) is 4.22. The Balaban J connectivity index is 0.000000225. The van der Waals surface area contributed by atoms with Crippen LogP contribution in [0.25, 0.3) is 0 Å². The predicted molar refractivity (Wildman–Crippen MR) is 70.2 cm³/mol. The molecule has 18 heavy (non-hydrogen) atoms. The van der Waals surface area contributed by atoms with Gasteiger partial charge in [0.25, 0.3) is 0 Å². The fourth-order valence-electron chi connectivity index (χ4n) is 1.71. The second-order valence-corrected chi connectivity index (χ2v) is 4.08. The van der Waals surface area contributed by atoms with Crippen molar-refractivity contribution in [3.8, 4) is 0 Å². The molecule has 0 radical (unpaired) electrons. The fourth-order valence-corrected chi connectivity index (χ4v) is 1.71. The molecule has 1 aliphatic heterocycles. The number of rotatable bonds is 2. The Bertz CT molecular complexity index is 370. The van der Waals surface area contributed by atoms with E-state index in [0.29, 0.717) is 0 Å². The molecule has 0 atom stereocenters. The normalized spacial score (nSPS) is 14.2. The smallest absolute Gasteiger partial charge is 0.249 e. The van der Waals surface area contributed by atoms with E-state index < -0.39 is 11.8 Å². The summed E-state index contributed by atoms with van der Waals surface area (Å²) in [6, 6.07) is 6.16. The van der Waals surface area contributed by atoms with Gasteiger partial charge in [0.1, 0.15) is 0 Å². The third-order valence-electron chi connectivity index (χ3n) is 2.67. The maximum absolute atomic E-state index is 10.7. The van der Waals surface area contributed by atoms with Gasteiger partial charge in [-0.1, -0.05) is 18.6 Å². The van der Waals surface area contributed by atoms with Gasteiger partial charge in [0, 0.05) is 0 Å². The summed E-state index contributed by atoms with van der Waals surface area (Å²) >= 11 is 0. The average molecular weight is 249 g/mol. The van der Waals surface area contributed by atoms with Gasteiger partial charge in [0.2, 0.25) is 11.8 Å². The summed E-state index contributed by atoms with van der Waals surface area (Å²) in [5, 5.41) is 3.28. The average Bonchev–Trinajstić information content (AvgIpc) is 2.41. The number of piperidine rings is 1. The van der Waals surface area contributed by atoms with Gasteiger partial charge < -0.3 is 16.8 Å². The van der Waals surface area contributed by atoms with Gasteiger partial charge in [-0.15, -0.1) is 0 Å². The molecule has 0 aromatic heterocycles. The van der Waals surface area contributed by atoms with E-state index in [2.05, 4.69) is 5.32 Å². The van der Waals surface area contributed by atoms with Gasteiger partial charge in [-0.05, 0) is 38.1 Å². The molecule has 1 aromatic rings. The predicted octanol–water partition coefficient (Wildman–Crippen LogP) is 0.644. The Morgan fingerprint density at radius 2 is 1.33 bits per heavy atom. The first-order chi connectivity index (χ1) is 8.63. The second kappa shape index (κ2) is 7.45. The molecule has 5 heteroatoms. The van der Waals surface area contributed by atoms with Crippen LogP contribution in [-0.2, 0) is 0 Å². The van der Waals surface area contributed by atoms with Crippen LogP contribution < -0.4 is 16.8 Å². The first kappa shape index (κ1) is 14.2. The maximum atomic E-state index is 10.7. The summed E-state index contributed by atoms with van der Waals surface area (Å²) in [6.45, 7) is 2.50. The van der Waals surface area contributed by atoms with Crippen molar-refractivity contribution in [2.75, 3.05) is 13.1 Å². The number of carbonyl (C=O) groups excluding carboxylic acids is 2. The van der Waals surface area contributed by atoms with Crippen LogP contribution in [0.5, 0.6) is 0 Å². The quantitative estimate of drug-likeness (QED) is 0.717. The molecule has 2 rings (SSSR count). The number of carbonyl (C=O) groups is 2. The highest BCUT2D eigenvalue weighted by atomic mass is 16.2. The third kappa shape index (κ3) is 4.55. The molecule has 5 nitrogen and oxygen atoms in total. The minimum absolute atomic E-state index is 0.157. The molecule has 2 amide bonds. The minimum atomic E-state index is -0.649. The van der Waals surface area contributed by atoms with Crippen molar-refractivity contribution in [2.45, 2.75) is 19.3 Å². The molecule has 1 saturated heterocycles. The number of hydrogen-bond acceptors (Lipinski definition) is 3. The second-order valence-electron chi connectivity index (χ2n) is 4.08. The molecule has 1 heterocycles. The van der Waals surface area contributed by atoms with E-state index in [0.717, 1.165) is 0 Å². The summed E-state index contributed by atoms with van der Waals surface area (Å²) < 4.78 is 0.